The van der Waals surface area contributed by atoms with Crippen molar-refractivity contribution in [3.8, 4) is 11.3 Å². The highest BCUT2D eigenvalue weighted by molar-refractivity contribution is 7.92. The molecule has 0 radical (unpaired) electrons. The van der Waals surface area contributed by atoms with Gasteiger partial charge >= 0.3 is 6.18 Å². The predicted octanol–water partition coefficient (Wildman–Crippen LogP) is 5.16. The van der Waals surface area contributed by atoms with Crippen molar-refractivity contribution in [3.63, 3.8) is 0 Å². The molecule has 1 N–H and O–H groups in total. The highest BCUT2D eigenvalue weighted by atomic mass is 35.5. The van der Waals surface area contributed by atoms with Crippen molar-refractivity contribution in [1.29, 1.82) is 0 Å². The van der Waals surface area contributed by atoms with Crippen LogP contribution in [-0.4, -0.2) is 35.7 Å². The van der Waals surface area contributed by atoms with Crippen molar-refractivity contribution >= 4 is 27.3 Å². The van der Waals surface area contributed by atoms with Crippen molar-refractivity contribution in [2.24, 2.45) is 5.92 Å². The minimum absolute atomic E-state index is 0.00287. The number of halogens is 6. The number of pyridine rings is 2. The molecule has 3 aromatic rings. The number of sulfone groups is 1. The molecule has 196 valence electrons. The molecule has 0 aliphatic heterocycles. The normalized spacial score (nSPS) is 20.1. The molecular weight excluding hydrogens is 541 g/mol. The molecule has 1 saturated carbocycles. The highest BCUT2D eigenvalue weighted by Gasteiger charge is 2.46. The van der Waals surface area contributed by atoms with E-state index in [1.807, 2.05) is 0 Å². The van der Waals surface area contributed by atoms with Crippen LogP contribution in [0.25, 0.3) is 11.3 Å². The van der Waals surface area contributed by atoms with Crippen molar-refractivity contribution in [3.05, 3.63) is 77.0 Å². The summed E-state index contributed by atoms with van der Waals surface area (Å²) < 4.78 is 91.9. The Morgan fingerprint density at radius 2 is 1.78 bits per heavy atom. The standard InChI is InChI=1S/C24H19ClF5N3O3S/c25-22-8-13(7-19(33-22)14-1-6-21(31-12-14)24(28,29)30)11-32-23(34)18-9-16(27)10-20(18)37(35,36)17-4-2-15(26)3-5-17/h1-8,12,16,18,20H,9-11H2,(H,32,34)/t16-,18-,20?/m1/s1. The fourth-order valence-electron chi connectivity index (χ4n) is 4.19. The Morgan fingerprint density at radius 1 is 1.08 bits per heavy atom. The summed E-state index contributed by atoms with van der Waals surface area (Å²) in [4.78, 5) is 20.2. The first-order chi connectivity index (χ1) is 17.3. The first-order valence-electron chi connectivity index (χ1n) is 11.0. The first kappa shape index (κ1) is 26.9. The number of alkyl halides is 4. The second-order valence-electron chi connectivity index (χ2n) is 8.54. The molecule has 0 spiro atoms. The van der Waals surface area contributed by atoms with Crippen molar-refractivity contribution in [2.45, 2.75) is 41.9 Å². The number of nitrogens with one attached hydrogen (secondary N) is 1. The number of benzene rings is 1. The summed E-state index contributed by atoms with van der Waals surface area (Å²) in [6.07, 6.45) is -5.78. The van der Waals surface area contributed by atoms with Crippen molar-refractivity contribution < 1.29 is 35.2 Å². The van der Waals surface area contributed by atoms with Gasteiger partial charge in [-0.05, 0) is 66.9 Å². The lowest BCUT2D eigenvalue weighted by molar-refractivity contribution is -0.141. The van der Waals surface area contributed by atoms with Crippen LogP contribution < -0.4 is 5.32 Å². The van der Waals surface area contributed by atoms with E-state index in [0.717, 1.165) is 36.5 Å². The minimum atomic E-state index is -4.60. The molecule has 1 aromatic carbocycles. The second kappa shape index (κ2) is 10.3. The zero-order chi connectivity index (χ0) is 27.0. The van der Waals surface area contributed by atoms with E-state index in [9.17, 15) is 35.2 Å². The van der Waals surface area contributed by atoms with Crippen molar-refractivity contribution in [1.82, 2.24) is 15.3 Å². The number of hydrogen-bond acceptors (Lipinski definition) is 5. The molecule has 4 rings (SSSR count). The number of nitrogens with zero attached hydrogens (tertiary/aromatic N) is 2. The number of carbonyl (C=O) groups is 1. The molecule has 6 nitrogen and oxygen atoms in total. The average Bonchev–Trinajstić information content (AvgIpc) is 3.25. The predicted molar refractivity (Wildman–Crippen MR) is 124 cm³/mol. The Balaban J connectivity index is 1.50. The molecule has 13 heteroatoms. The molecular formula is C24H19ClF5N3O3S. The van der Waals surface area contributed by atoms with Crippen LogP contribution in [-0.2, 0) is 27.4 Å². The first-order valence-corrected chi connectivity index (χ1v) is 12.9. The number of carbonyl (C=O) groups excluding carboxylic acids is 1. The fraction of sp³-hybridized carbons (Fsp3) is 0.292. The molecule has 1 amide bonds. The number of amides is 1. The zero-order valence-electron chi connectivity index (χ0n) is 18.8. The summed E-state index contributed by atoms with van der Waals surface area (Å²) in [5.74, 6) is -2.51. The Bertz CT molecular complexity index is 1400. The van der Waals surface area contributed by atoms with Crippen LogP contribution in [0.1, 0.15) is 24.1 Å². The smallest absolute Gasteiger partial charge is 0.352 e. The summed E-state index contributed by atoms with van der Waals surface area (Å²) in [7, 11) is -4.11. The van der Waals surface area contributed by atoms with Gasteiger partial charge in [0, 0.05) is 18.3 Å². The molecule has 1 fully saturated rings. The third-order valence-electron chi connectivity index (χ3n) is 5.99. The Morgan fingerprint density at radius 3 is 2.41 bits per heavy atom. The average molecular weight is 560 g/mol. The van der Waals surface area contributed by atoms with Crippen LogP contribution in [0, 0.1) is 11.7 Å². The molecule has 2 heterocycles. The summed E-state index contributed by atoms with van der Waals surface area (Å²) >= 11 is 6.05. The van der Waals surface area contributed by atoms with E-state index < -0.39 is 50.8 Å². The van der Waals surface area contributed by atoms with E-state index in [4.69, 9.17) is 11.6 Å². The van der Waals surface area contributed by atoms with Gasteiger partial charge in [0.2, 0.25) is 5.91 Å². The van der Waals surface area contributed by atoms with Crippen LogP contribution in [0.4, 0.5) is 22.0 Å². The van der Waals surface area contributed by atoms with E-state index >= 15 is 0 Å². The van der Waals surface area contributed by atoms with Crippen molar-refractivity contribution in [2.75, 3.05) is 0 Å². The molecule has 1 aliphatic carbocycles. The number of hydrogen-bond donors (Lipinski definition) is 1. The third kappa shape index (κ3) is 6.07. The summed E-state index contributed by atoms with van der Waals surface area (Å²) in [5.41, 5.74) is -0.182. The molecule has 1 unspecified atom stereocenters. The Hall–Kier alpha value is -3.12. The molecule has 1 aliphatic rings. The molecule has 3 atom stereocenters. The summed E-state index contributed by atoms with van der Waals surface area (Å²) in [5, 5.41) is 1.25. The van der Waals surface area contributed by atoms with Crippen LogP contribution in [0.3, 0.4) is 0 Å². The van der Waals surface area contributed by atoms with Gasteiger partial charge < -0.3 is 5.32 Å². The van der Waals surface area contributed by atoms with E-state index in [1.165, 1.54) is 18.2 Å². The fourth-order valence-corrected chi connectivity index (χ4v) is 6.42. The summed E-state index contributed by atoms with van der Waals surface area (Å²) in [6, 6.07) is 8.97. The molecule has 0 saturated heterocycles. The van der Waals surface area contributed by atoms with E-state index in [0.29, 0.717) is 5.56 Å². The Kier molecular flexibility index (Phi) is 7.52. The topological polar surface area (TPSA) is 89.0 Å². The van der Waals surface area contributed by atoms with Crippen LogP contribution in [0.15, 0.2) is 59.6 Å². The zero-order valence-corrected chi connectivity index (χ0v) is 20.4. The van der Waals surface area contributed by atoms with Crippen LogP contribution in [0.5, 0.6) is 0 Å². The maximum Gasteiger partial charge on any atom is 0.433 e. The Labute approximate surface area is 213 Å². The van der Waals surface area contributed by atoms with E-state index in [1.54, 1.807) is 0 Å². The van der Waals surface area contributed by atoms with Gasteiger partial charge in [-0.15, -0.1) is 0 Å². The van der Waals surface area contributed by atoms with Crippen LogP contribution >= 0.6 is 11.6 Å². The largest absolute Gasteiger partial charge is 0.433 e. The minimum Gasteiger partial charge on any atom is -0.352 e. The highest BCUT2D eigenvalue weighted by Crippen LogP contribution is 2.37. The third-order valence-corrected chi connectivity index (χ3v) is 8.44. The number of rotatable bonds is 6. The van der Waals surface area contributed by atoms with Gasteiger partial charge in [0.05, 0.1) is 21.8 Å². The second-order valence-corrected chi connectivity index (χ2v) is 11.1. The maximum absolute atomic E-state index is 14.2. The lowest BCUT2D eigenvalue weighted by Gasteiger charge is -2.19. The van der Waals surface area contributed by atoms with Gasteiger partial charge in [-0.2, -0.15) is 13.2 Å². The van der Waals surface area contributed by atoms with Gasteiger partial charge in [-0.1, -0.05) is 11.6 Å². The van der Waals surface area contributed by atoms with Gasteiger partial charge in [0.25, 0.3) is 0 Å². The quantitative estimate of drug-likeness (QED) is 0.256. The van der Waals surface area contributed by atoms with Gasteiger partial charge in [0.1, 0.15) is 22.8 Å². The van der Waals surface area contributed by atoms with Gasteiger partial charge in [-0.3, -0.25) is 9.78 Å². The van der Waals surface area contributed by atoms with E-state index in [2.05, 4.69) is 15.3 Å². The molecule has 37 heavy (non-hydrogen) atoms. The lowest BCUT2D eigenvalue weighted by Crippen LogP contribution is -2.38. The SMILES string of the molecule is O=C(NCc1cc(Cl)nc(-c2ccc(C(F)(F)F)nc2)c1)[C@@H]1C[C@@H](F)CC1S(=O)(=O)c1ccc(F)cc1. The van der Waals surface area contributed by atoms with Crippen LogP contribution in [0.2, 0.25) is 5.15 Å². The molecule has 2 aromatic heterocycles. The number of aromatic nitrogens is 2. The monoisotopic (exact) mass is 559 g/mol. The maximum atomic E-state index is 14.2. The van der Waals surface area contributed by atoms with Gasteiger partial charge in [-0.25, -0.2) is 22.2 Å². The van der Waals surface area contributed by atoms with Gasteiger partial charge in [0.15, 0.2) is 9.84 Å². The lowest BCUT2D eigenvalue weighted by atomic mass is 10.1. The molecule has 0 bridgehead atoms. The summed E-state index contributed by atoms with van der Waals surface area (Å²) in [6.45, 7) is -0.126. The van der Waals surface area contributed by atoms with E-state index in [-0.39, 0.29) is 40.7 Å².